The van der Waals surface area contributed by atoms with Gasteiger partial charge in [-0.15, -0.1) is 0 Å². The highest BCUT2D eigenvalue weighted by Gasteiger charge is 2.35. The van der Waals surface area contributed by atoms with E-state index in [2.05, 4.69) is 15.1 Å². The van der Waals surface area contributed by atoms with Crippen LogP contribution in [-0.2, 0) is 4.79 Å². The molecule has 5 heteroatoms. The molecule has 2 unspecified atom stereocenters. The number of aliphatic imine (C=N–C) groups is 1. The van der Waals surface area contributed by atoms with Crippen molar-refractivity contribution in [3.8, 4) is 0 Å². The van der Waals surface area contributed by atoms with Crippen LogP contribution in [-0.4, -0.2) is 59.4 Å². The minimum atomic E-state index is 0.382. The van der Waals surface area contributed by atoms with Gasteiger partial charge in [-0.25, -0.2) is 4.99 Å². The van der Waals surface area contributed by atoms with Crippen molar-refractivity contribution in [1.29, 1.82) is 0 Å². The molecule has 4 rings (SSSR count). The molecule has 0 spiro atoms. The number of nitrogens with zero attached hydrogens (tertiary/aromatic N) is 3. The number of fused-ring (bicyclic) bond motifs is 1. The Kier molecular flexibility index (Phi) is 3.97. The third kappa shape index (κ3) is 2.70. The minimum Gasteiger partial charge on any atom is -0.351 e. The molecule has 0 aromatic rings. The molecule has 1 N–H and O–H groups in total. The SMILES string of the molecule is O=C1CCCCN1C1CCN(C2=NC3CCCCC3N2)CC1. The number of nitrogens with one attached hydrogen (secondary N) is 1. The van der Waals surface area contributed by atoms with Crippen LogP contribution in [0.5, 0.6) is 0 Å². The molecule has 0 radical (unpaired) electrons. The highest BCUT2D eigenvalue weighted by atomic mass is 16.2. The van der Waals surface area contributed by atoms with Crippen LogP contribution < -0.4 is 5.32 Å². The van der Waals surface area contributed by atoms with Crippen LogP contribution in [0.25, 0.3) is 0 Å². The molecule has 22 heavy (non-hydrogen) atoms. The lowest BCUT2D eigenvalue weighted by Crippen LogP contribution is -2.52. The fraction of sp³-hybridized carbons (Fsp3) is 0.882. The Labute approximate surface area is 133 Å². The van der Waals surface area contributed by atoms with E-state index in [1.54, 1.807) is 0 Å². The van der Waals surface area contributed by atoms with E-state index in [4.69, 9.17) is 4.99 Å². The van der Waals surface area contributed by atoms with E-state index in [1.807, 2.05) is 0 Å². The molecular weight excluding hydrogens is 276 g/mol. The summed E-state index contributed by atoms with van der Waals surface area (Å²) < 4.78 is 0. The van der Waals surface area contributed by atoms with Crippen molar-refractivity contribution in [3.05, 3.63) is 0 Å². The molecule has 4 aliphatic rings. The lowest BCUT2D eigenvalue weighted by atomic mass is 9.92. The zero-order chi connectivity index (χ0) is 14.9. The second-order valence-corrected chi connectivity index (χ2v) is 7.32. The Hall–Kier alpha value is -1.26. The van der Waals surface area contributed by atoms with Crippen LogP contribution >= 0.6 is 0 Å². The number of hydrogen-bond acceptors (Lipinski definition) is 4. The van der Waals surface area contributed by atoms with Crippen molar-refractivity contribution in [2.45, 2.75) is 75.9 Å². The molecule has 0 aromatic heterocycles. The van der Waals surface area contributed by atoms with Gasteiger partial charge in [0.1, 0.15) is 0 Å². The summed E-state index contributed by atoms with van der Waals surface area (Å²) in [6.07, 6.45) is 10.4. The van der Waals surface area contributed by atoms with Crippen LogP contribution in [0.4, 0.5) is 0 Å². The van der Waals surface area contributed by atoms with Crippen molar-refractivity contribution in [3.63, 3.8) is 0 Å². The van der Waals surface area contributed by atoms with Crippen LogP contribution in [0.2, 0.25) is 0 Å². The Balaban J connectivity index is 1.33. The number of amides is 1. The van der Waals surface area contributed by atoms with Crippen molar-refractivity contribution < 1.29 is 4.79 Å². The number of carbonyl (C=O) groups excluding carboxylic acids is 1. The highest BCUT2D eigenvalue weighted by molar-refractivity contribution is 5.82. The Morgan fingerprint density at radius 2 is 1.77 bits per heavy atom. The molecule has 0 aromatic carbocycles. The Bertz CT molecular complexity index is 456. The van der Waals surface area contributed by atoms with E-state index in [0.29, 0.717) is 24.0 Å². The van der Waals surface area contributed by atoms with E-state index in [-0.39, 0.29) is 0 Å². The molecule has 2 saturated heterocycles. The Morgan fingerprint density at radius 1 is 0.955 bits per heavy atom. The van der Waals surface area contributed by atoms with Gasteiger partial charge in [0.15, 0.2) is 5.96 Å². The summed E-state index contributed by atoms with van der Waals surface area (Å²) in [5.41, 5.74) is 0. The first-order valence-electron chi connectivity index (χ1n) is 9.20. The van der Waals surface area contributed by atoms with Gasteiger partial charge in [-0.1, -0.05) is 12.8 Å². The molecule has 0 bridgehead atoms. The Morgan fingerprint density at radius 3 is 2.55 bits per heavy atom. The first-order valence-corrected chi connectivity index (χ1v) is 9.20. The lowest BCUT2D eigenvalue weighted by molar-refractivity contribution is -0.136. The normalized spacial score (nSPS) is 33.5. The summed E-state index contributed by atoms with van der Waals surface area (Å²) in [4.78, 5) is 21.6. The summed E-state index contributed by atoms with van der Waals surface area (Å²) in [6, 6.07) is 1.57. The number of likely N-dealkylation sites (tertiary alicyclic amines) is 2. The number of carbonyl (C=O) groups is 1. The topological polar surface area (TPSA) is 47.9 Å². The maximum Gasteiger partial charge on any atom is 0.222 e. The van der Waals surface area contributed by atoms with Crippen LogP contribution in [0, 0.1) is 0 Å². The lowest BCUT2D eigenvalue weighted by Gasteiger charge is -2.40. The summed E-state index contributed by atoms with van der Waals surface area (Å²) in [7, 11) is 0. The predicted octanol–water partition coefficient (Wildman–Crippen LogP) is 1.73. The van der Waals surface area contributed by atoms with Crippen LogP contribution in [0.3, 0.4) is 0 Å². The smallest absolute Gasteiger partial charge is 0.222 e. The van der Waals surface area contributed by atoms with Gasteiger partial charge in [-0.05, 0) is 38.5 Å². The van der Waals surface area contributed by atoms with E-state index in [0.717, 1.165) is 51.3 Å². The zero-order valence-electron chi connectivity index (χ0n) is 13.5. The fourth-order valence-electron chi connectivity index (χ4n) is 4.57. The summed E-state index contributed by atoms with van der Waals surface area (Å²) >= 11 is 0. The monoisotopic (exact) mass is 304 g/mol. The van der Waals surface area contributed by atoms with E-state index < -0.39 is 0 Å². The number of piperidine rings is 2. The first-order chi connectivity index (χ1) is 10.8. The fourth-order valence-corrected chi connectivity index (χ4v) is 4.57. The summed E-state index contributed by atoms with van der Waals surface area (Å²) in [6.45, 7) is 3.06. The molecular formula is C17H28N4O. The van der Waals surface area contributed by atoms with Gasteiger partial charge in [-0.3, -0.25) is 4.79 Å². The summed E-state index contributed by atoms with van der Waals surface area (Å²) in [5.74, 6) is 1.52. The van der Waals surface area contributed by atoms with E-state index >= 15 is 0 Å². The quantitative estimate of drug-likeness (QED) is 0.802. The maximum absolute atomic E-state index is 12.1. The molecule has 3 fully saturated rings. The third-order valence-electron chi connectivity index (χ3n) is 5.90. The van der Waals surface area contributed by atoms with Crippen molar-refractivity contribution in [2.24, 2.45) is 4.99 Å². The molecule has 3 aliphatic heterocycles. The zero-order valence-corrected chi connectivity index (χ0v) is 13.5. The largest absolute Gasteiger partial charge is 0.351 e. The average Bonchev–Trinajstić information content (AvgIpc) is 2.99. The number of hydrogen-bond donors (Lipinski definition) is 1. The molecule has 1 aliphatic carbocycles. The van der Waals surface area contributed by atoms with Gasteiger partial charge >= 0.3 is 0 Å². The van der Waals surface area contributed by atoms with E-state index in [1.165, 1.54) is 32.1 Å². The maximum atomic E-state index is 12.1. The van der Waals surface area contributed by atoms with Gasteiger partial charge < -0.3 is 15.1 Å². The van der Waals surface area contributed by atoms with Gasteiger partial charge in [0.05, 0.1) is 12.1 Å². The van der Waals surface area contributed by atoms with E-state index in [9.17, 15) is 4.79 Å². The third-order valence-corrected chi connectivity index (χ3v) is 5.90. The molecule has 3 heterocycles. The minimum absolute atomic E-state index is 0.382. The molecule has 1 amide bonds. The van der Waals surface area contributed by atoms with Gasteiger partial charge in [0.25, 0.3) is 0 Å². The highest BCUT2D eigenvalue weighted by Crippen LogP contribution is 2.27. The first kappa shape index (κ1) is 14.3. The number of rotatable bonds is 1. The second kappa shape index (κ2) is 6.09. The van der Waals surface area contributed by atoms with Crippen molar-refractivity contribution in [2.75, 3.05) is 19.6 Å². The average molecular weight is 304 g/mol. The second-order valence-electron chi connectivity index (χ2n) is 7.32. The van der Waals surface area contributed by atoms with Crippen LogP contribution in [0.1, 0.15) is 57.8 Å². The molecule has 122 valence electrons. The van der Waals surface area contributed by atoms with Gasteiger partial charge in [0.2, 0.25) is 5.91 Å². The molecule has 1 saturated carbocycles. The van der Waals surface area contributed by atoms with Gasteiger partial charge in [0, 0.05) is 32.1 Å². The van der Waals surface area contributed by atoms with Crippen molar-refractivity contribution >= 4 is 11.9 Å². The summed E-state index contributed by atoms with van der Waals surface area (Å²) in [5, 5.41) is 3.66. The predicted molar refractivity (Wildman–Crippen MR) is 86.8 cm³/mol. The molecule has 5 nitrogen and oxygen atoms in total. The van der Waals surface area contributed by atoms with Crippen molar-refractivity contribution in [1.82, 2.24) is 15.1 Å². The van der Waals surface area contributed by atoms with Crippen LogP contribution in [0.15, 0.2) is 4.99 Å². The van der Waals surface area contributed by atoms with Gasteiger partial charge in [-0.2, -0.15) is 0 Å². The number of guanidine groups is 1. The molecule has 2 atom stereocenters. The standard InChI is InChI=1S/C17H28N4O/c22-16-7-3-4-10-21(16)13-8-11-20(12-9-13)17-18-14-5-1-2-6-15(14)19-17/h13-15H,1-12H2,(H,18,19).